The average molecular weight is 181 g/mol. The molecular formula is C9H13ClMg. The van der Waals surface area contributed by atoms with Crippen LogP contribution in [0.15, 0.2) is 18.2 Å². The zero-order valence-electron chi connectivity index (χ0n) is 9.02. The standard InChI is InChI=1S/C9H11Cl.Mg.2H/c1-7-3-4-9(6-10)5-8(7)2;;;/h3-5H,6H2,1-2H3;;;/q;+2;2*-1. The normalized spacial score (nSPS) is 9.00. The largest absolute Gasteiger partial charge is 2.00 e. The fourth-order valence-electron chi connectivity index (χ4n) is 0.887. The van der Waals surface area contributed by atoms with Crippen molar-refractivity contribution >= 4 is 34.7 Å². The maximum atomic E-state index is 5.65. The summed E-state index contributed by atoms with van der Waals surface area (Å²) in [4.78, 5) is 0. The quantitative estimate of drug-likeness (QED) is 0.461. The van der Waals surface area contributed by atoms with E-state index < -0.39 is 0 Å². The molecule has 0 spiro atoms. The Kier molecular flexibility index (Phi) is 5.14. The summed E-state index contributed by atoms with van der Waals surface area (Å²) in [6.45, 7) is 4.21. The van der Waals surface area contributed by atoms with Crippen LogP contribution >= 0.6 is 11.6 Å². The van der Waals surface area contributed by atoms with Crippen LogP contribution in [0.25, 0.3) is 0 Å². The maximum Gasteiger partial charge on any atom is 2.00 e. The first kappa shape index (κ1) is 11.3. The van der Waals surface area contributed by atoms with Crippen LogP contribution in [0.5, 0.6) is 0 Å². The molecule has 0 aromatic heterocycles. The minimum absolute atomic E-state index is 0. The van der Waals surface area contributed by atoms with Crippen LogP contribution in [-0.4, -0.2) is 23.1 Å². The van der Waals surface area contributed by atoms with E-state index in [4.69, 9.17) is 11.6 Å². The topological polar surface area (TPSA) is 0 Å². The van der Waals surface area contributed by atoms with E-state index in [1.165, 1.54) is 16.7 Å². The summed E-state index contributed by atoms with van der Waals surface area (Å²) in [5.74, 6) is 0.612. The first-order valence-corrected chi connectivity index (χ1v) is 3.89. The maximum absolute atomic E-state index is 5.65. The van der Waals surface area contributed by atoms with Gasteiger partial charge in [0.1, 0.15) is 0 Å². The molecule has 0 radical (unpaired) electrons. The first-order chi connectivity index (χ1) is 4.74. The van der Waals surface area contributed by atoms with Gasteiger partial charge in [0.15, 0.2) is 0 Å². The molecule has 0 unspecified atom stereocenters. The average Bonchev–Trinajstić information content (AvgIpc) is 1.95. The van der Waals surface area contributed by atoms with Gasteiger partial charge in [0.2, 0.25) is 0 Å². The zero-order valence-corrected chi connectivity index (χ0v) is 9.19. The number of hydrogen-bond donors (Lipinski definition) is 0. The zero-order chi connectivity index (χ0) is 7.56. The Morgan fingerprint density at radius 1 is 1.27 bits per heavy atom. The van der Waals surface area contributed by atoms with Crippen LogP contribution in [0.1, 0.15) is 19.5 Å². The molecule has 11 heavy (non-hydrogen) atoms. The van der Waals surface area contributed by atoms with E-state index in [9.17, 15) is 0 Å². The van der Waals surface area contributed by atoms with E-state index >= 15 is 0 Å². The molecule has 0 saturated heterocycles. The van der Waals surface area contributed by atoms with Crippen LogP contribution in [0.4, 0.5) is 0 Å². The van der Waals surface area contributed by atoms with E-state index in [2.05, 4.69) is 32.0 Å². The molecule has 0 nitrogen and oxygen atoms in total. The third kappa shape index (κ3) is 3.02. The molecule has 1 aromatic carbocycles. The molecular weight excluding hydrogens is 168 g/mol. The van der Waals surface area contributed by atoms with Gasteiger partial charge < -0.3 is 2.85 Å². The van der Waals surface area contributed by atoms with Gasteiger partial charge in [-0.25, -0.2) is 0 Å². The van der Waals surface area contributed by atoms with Gasteiger partial charge in [-0.2, -0.15) is 0 Å². The molecule has 58 valence electrons. The molecule has 0 atom stereocenters. The van der Waals surface area contributed by atoms with E-state index in [-0.39, 0.29) is 25.9 Å². The summed E-state index contributed by atoms with van der Waals surface area (Å²) in [6.07, 6.45) is 0. The van der Waals surface area contributed by atoms with Gasteiger partial charge in [0.25, 0.3) is 0 Å². The number of rotatable bonds is 1. The minimum atomic E-state index is 0. The summed E-state index contributed by atoms with van der Waals surface area (Å²) in [6, 6.07) is 6.30. The van der Waals surface area contributed by atoms with Crippen molar-refractivity contribution in [1.82, 2.24) is 0 Å². The Labute approximate surface area is 92.1 Å². The van der Waals surface area contributed by atoms with Crippen molar-refractivity contribution in [3.63, 3.8) is 0 Å². The molecule has 0 aliphatic heterocycles. The van der Waals surface area contributed by atoms with Gasteiger partial charge in [0.05, 0.1) is 0 Å². The summed E-state index contributed by atoms with van der Waals surface area (Å²) in [5, 5.41) is 0. The van der Waals surface area contributed by atoms with Crippen LogP contribution < -0.4 is 0 Å². The first-order valence-electron chi connectivity index (χ1n) is 3.36. The molecule has 0 aliphatic carbocycles. The fourth-order valence-corrected chi connectivity index (χ4v) is 1.05. The Hall–Kier alpha value is 0.276. The Balaban J connectivity index is -0.000000333. The second-order valence-electron chi connectivity index (χ2n) is 2.55. The Bertz CT molecular complexity index is 241. The SMILES string of the molecule is Cc1ccc(CCl)cc1C.[H-].[H-].[Mg+2]. The fraction of sp³-hybridized carbons (Fsp3) is 0.333. The van der Waals surface area contributed by atoms with Gasteiger partial charge in [0, 0.05) is 5.88 Å². The third-order valence-corrected chi connectivity index (χ3v) is 2.03. The van der Waals surface area contributed by atoms with Crippen LogP contribution in [0.2, 0.25) is 0 Å². The van der Waals surface area contributed by atoms with Gasteiger partial charge in [-0.1, -0.05) is 18.2 Å². The van der Waals surface area contributed by atoms with Crippen molar-refractivity contribution in [3.8, 4) is 0 Å². The van der Waals surface area contributed by atoms with Crippen molar-refractivity contribution in [2.75, 3.05) is 0 Å². The van der Waals surface area contributed by atoms with E-state index in [1.807, 2.05) is 0 Å². The van der Waals surface area contributed by atoms with E-state index in [1.54, 1.807) is 0 Å². The van der Waals surface area contributed by atoms with Crippen molar-refractivity contribution in [2.24, 2.45) is 0 Å². The van der Waals surface area contributed by atoms with Crippen LogP contribution in [0.3, 0.4) is 0 Å². The van der Waals surface area contributed by atoms with Crippen molar-refractivity contribution in [2.45, 2.75) is 19.7 Å². The molecule has 0 bridgehead atoms. The van der Waals surface area contributed by atoms with Gasteiger partial charge in [-0.15, -0.1) is 11.6 Å². The number of hydrogen-bond acceptors (Lipinski definition) is 0. The molecule has 0 heterocycles. The van der Waals surface area contributed by atoms with Gasteiger partial charge in [-0.3, -0.25) is 0 Å². The Morgan fingerprint density at radius 2 is 1.91 bits per heavy atom. The third-order valence-electron chi connectivity index (χ3n) is 1.73. The summed E-state index contributed by atoms with van der Waals surface area (Å²) in [5.41, 5.74) is 3.84. The molecule has 0 amide bonds. The predicted molar refractivity (Wildman–Crippen MR) is 53.5 cm³/mol. The van der Waals surface area contributed by atoms with E-state index in [0.717, 1.165) is 0 Å². The van der Waals surface area contributed by atoms with Gasteiger partial charge in [-0.05, 0) is 30.5 Å². The second kappa shape index (κ2) is 5.02. The van der Waals surface area contributed by atoms with Gasteiger partial charge >= 0.3 is 23.1 Å². The van der Waals surface area contributed by atoms with E-state index in [0.29, 0.717) is 5.88 Å². The molecule has 0 fully saturated rings. The smallest absolute Gasteiger partial charge is 1.00 e. The second-order valence-corrected chi connectivity index (χ2v) is 2.82. The predicted octanol–water partition coefficient (Wildman–Crippen LogP) is 2.89. The number of alkyl halides is 1. The van der Waals surface area contributed by atoms with Crippen LogP contribution in [-0.2, 0) is 5.88 Å². The summed E-state index contributed by atoms with van der Waals surface area (Å²) in [7, 11) is 0. The number of halogens is 1. The van der Waals surface area contributed by atoms with Crippen molar-refractivity contribution < 1.29 is 2.85 Å². The monoisotopic (exact) mass is 180 g/mol. The number of aryl methyl sites for hydroxylation is 2. The van der Waals surface area contributed by atoms with Crippen molar-refractivity contribution in [3.05, 3.63) is 34.9 Å². The van der Waals surface area contributed by atoms with Crippen molar-refractivity contribution in [1.29, 1.82) is 0 Å². The summed E-state index contributed by atoms with van der Waals surface area (Å²) < 4.78 is 0. The molecule has 2 heteroatoms. The summed E-state index contributed by atoms with van der Waals surface area (Å²) >= 11 is 5.65. The molecule has 1 aromatic rings. The molecule has 0 aliphatic rings. The Morgan fingerprint density at radius 3 is 2.36 bits per heavy atom. The molecule has 1 rings (SSSR count). The van der Waals surface area contributed by atoms with Crippen LogP contribution in [0, 0.1) is 13.8 Å². The molecule has 0 saturated carbocycles. The minimum Gasteiger partial charge on any atom is -1.00 e. The molecule has 0 N–H and O–H groups in total. The number of benzene rings is 1.